The molecule has 0 saturated heterocycles. The molecule has 1 aromatic carbocycles. The van der Waals surface area contributed by atoms with Crippen LogP contribution in [0, 0.1) is 0 Å². The van der Waals surface area contributed by atoms with E-state index >= 15 is 0 Å². The van der Waals surface area contributed by atoms with E-state index in [-0.39, 0.29) is 10.8 Å². The van der Waals surface area contributed by atoms with Crippen molar-refractivity contribution in [3.05, 3.63) is 30.1 Å². The second kappa shape index (κ2) is 4.82. The van der Waals surface area contributed by atoms with Gasteiger partial charge in [-0.2, -0.15) is 0 Å². The number of imidazole rings is 1. The molecule has 0 spiro atoms. The third-order valence-electron chi connectivity index (χ3n) is 2.78. The maximum atomic E-state index is 12.0. The van der Waals surface area contributed by atoms with Crippen LogP contribution in [-0.2, 0) is 11.0 Å². The monoisotopic (exact) mass is 265 g/mol. The zero-order valence-electron chi connectivity index (χ0n) is 11.2. The zero-order chi connectivity index (χ0) is 13.3. The Morgan fingerprint density at radius 1 is 1.39 bits per heavy atom. The van der Waals surface area contributed by atoms with E-state index in [1.165, 1.54) is 0 Å². The van der Waals surface area contributed by atoms with Crippen LogP contribution in [0.25, 0.3) is 11.0 Å². The number of hydrogen-bond acceptors (Lipinski definition) is 2. The van der Waals surface area contributed by atoms with Gasteiger partial charge in [-0.05, 0) is 45.4 Å². The van der Waals surface area contributed by atoms with Gasteiger partial charge in [-0.15, -0.1) is 0 Å². The fraction of sp³-hybridized carbons (Fsp3) is 0.462. The smallest absolute Gasteiger partial charge is 0.0975 e. The first-order chi connectivity index (χ1) is 8.38. The molecule has 0 aliphatic carbocycles. The highest BCUT2D eigenvalue weighted by Gasteiger charge is 2.21. The number of aromatic amines is 1. The Bertz CT molecular complexity index is 571. The fourth-order valence-electron chi connectivity index (χ4n) is 1.63. The normalized spacial score (nSPS) is 15.8. The molecule has 0 radical (unpaired) electrons. The summed E-state index contributed by atoms with van der Waals surface area (Å²) in [5, 5.41) is 0. The molecule has 0 unspecified atom stereocenters. The third-order valence-corrected chi connectivity index (χ3v) is 4.46. The first-order valence-corrected chi connectivity index (χ1v) is 7.14. The first kappa shape index (κ1) is 13.2. The SMILES string of the molecule is C[C@H](N[S@@](=O)C(C)(C)C)c1ccc2nc[nH]c2c1. The van der Waals surface area contributed by atoms with Crippen molar-refractivity contribution in [1.82, 2.24) is 14.7 Å². The summed E-state index contributed by atoms with van der Waals surface area (Å²) in [5.74, 6) is 0. The largest absolute Gasteiger partial charge is 0.345 e. The van der Waals surface area contributed by atoms with Crippen molar-refractivity contribution < 1.29 is 4.21 Å². The van der Waals surface area contributed by atoms with Crippen molar-refractivity contribution in [1.29, 1.82) is 0 Å². The van der Waals surface area contributed by atoms with Crippen LogP contribution in [-0.4, -0.2) is 18.9 Å². The van der Waals surface area contributed by atoms with Crippen molar-refractivity contribution >= 4 is 22.0 Å². The molecule has 5 heteroatoms. The average molecular weight is 265 g/mol. The summed E-state index contributed by atoms with van der Waals surface area (Å²) in [7, 11) is -1.07. The number of H-pyrrole nitrogens is 1. The van der Waals surface area contributed by atoms with Crippen LogP contribution in [0.15, 0.2) is 24.5 Å². The highest BCUT2D eigenvalue weighted by molar-refractivity contribution is 7.84. The lowest BCUT2D eigenvalue weighted by Gasteiger charge is -2.22. The number of hydrogen-bond donors (Lipinski definition) is 2. The quantitative estimate of drug-likeness (QED) is 0.896. The number of aromatic nitrogens is 2. The second-order valence-electron chi connectivity index (χ2n) is 5.40. The van der Waals surface area contributed by atoms with Gasteiger partial charge in [-0.3, -0.25) is 0 Å². The van der Waals surface area contributed by atoms with Crippen molar-refractivity contribution in [2.75, 3.05) is 0 Å². The number of rotatable bonds is 3. The molecule has 0 bridgehead atoms. The number of fused-ring (bicyclic) bond motifs is 1. The van der Waals surface area contributed by atoms with Gasteiger partial charge in [-0.1, -0.05) is 6.07 Å². The minimum atomic E-state index is -1.07. The second-order valence-corrected chi connectivity index (χ2v) is 7.40. The van der Waals surface area contributed by atoms with E-state index in [0.29, 0.717) is 0 Å². The highest BCUT2D eigenvalue weighted by atomic mass is 32.2. The topological polar surface area (TPSA) is 57.8 Å². The van der Waals surface area contributed by atoms with E-state index in [9.17, 15) is 4.21 Å². The lowest BCUT2D eigenvalue weighted by Crippen LogP contribution is -2.34. The van der Waals surface area contributed by atoms with E-state index in [1.807, 2.05) is 45.9 Å². The van der Waals surface area contributed by atoms with Crippen LogP contribution in [0.4, 0.5) is 0 Å². The summed E-state index contributed by atoms with van der Waals surface area (Å²) < 4.78 is 14.9. The molecule has 18 heavy (non-hydrogen) atoms. The molecule has 0 fully saturated rings. The standard InChI is InChI=1S/C13H19N3OS/c1-9(16-18(17)13(2,3)4)10-5-6-11-12(7-10)15-8-14-11/h5-9,16H,1-4H3,(H,14,15)/t9-,18-/m0/s1. The van der Waals surface area contributed by atoms with Gasteiger partial charge in [0.25, 0.3) is 0 Å². The molecule has 2 N–H and O–H groups in total. The Kier molecular flexibility index (Phi) is 3.54. The van der Waals surface area contributed by atoms with E-state index < -0.39 is 11.0 Å². The molecule has 0 aliphatic heterocycles. The molecule has 2 aromatic rings. The highest BCUT2D eigenvalue weighted by Crippen LogP contribution is 2.20. The minimum absolute atomic E-state index is 0.0396. The maximum absolute atomic E-state index is 12.0. The summed E-state index contributed by atoms with van der Waals surface area (Å²) in [6.07, 6.45) is 1.68. The van der Waals surface area contributed by atoms with Crippen molar-refractivity contribution in [2.24, 2.45) is 0 Å². The van der Waals surface area contributed by atoms with E-state index in [2.05, 4.69) is 14.7 Å². The van der Waals surface area contributed by atoms with Crippen LogP contribution >= 0.6 is 0 Å². The molecule has 1 heterocycles. The number of nitrogens with zero attached hydrogens (tertiary/aromatic N) is 1. The first-order valence-electron chi connectivity index (χ1n) is 5.99. The molecule has 2 rings (SSSR count). The summed E-state index contributed by atoms with van der Waals surface area (Å²) >= 11 is 0. The van der Waals surface area contributed by atoms with Gasteiger partial charge >= 0.3 is 0 Å². The summed E-state index contributed by atoms with van der Waals surface area (Å²) in [6.45, 7) is 7.89. The molecule has 98 valence electrons. The average Bonchev–Trinajstić information content (AvgIpc) is 2.74. The lowest BCUT2D eigenvalue weighted by atomic mass is 10.1. The van der Waals surface area contributed by atoms with Crippen LogP contribution in [0.5, 0.6) is 0 Å². The molecule has 2 atom stereocenters. The molecular formula is C13H19N3OS. The van der Waals surface area contributed by atoms with E-state index in [4.69, 9.17) is 0 Å². The molecule has 4 nitrogen and oxygen atoms in total. The van der Waals surface area contributed by atoms with Gasteiger partial charge in [0.05, 0.1) is 33.1 Å². The predicted molar refractivity (Wildman–Crippen MR) is 75.5 cm³/mol. The summed E-state index contributed by atoms with van der Waals surface area (Å²) in [5.41, 5.74) is 3.05. The molecule has 1 aromatic heterocycles. The van der Waals surface area contributed by atoms with Crippen LogP contribution in [0.2, 0.25) is 0 Å². The Morgan fingerprint density at radius 3 is 2.78 bits per heavy atom. The van der Waals surface area contributed by atoms with Crippen molar-refractivity contribution in [3.8, 4) is 0 Å². The van der Waals surface area contributed by atoms with Gasteiger partial charge < -0.3 is 4.98 Å². The van der Waals surface area contributed by atoms with Gasteiger partial charge in [-0.25, -0.2) is 13.9 Å². The van der Waals surface area contributed by atoms with Crippen LogP contribution in [0.1, 0.15) is 39.3 Å². The van der Waals surface area contributed by atoms with Gasteiger partial charge in [0.1, 0.15) is 0 Å². The number of nitrogens with one attached hydrogen (secondary N) is 2. The fourth-order valence-corrected chi connectivity index (χ4v) is 2.44. The lowest BCUT2D eigenvalue weighted by molar-refractivity contribution is 0.616. The molecular weight excluding hydrogens is 246 g/mol. The van der Waals surface area contributed by atoms with E-state index in [0.717, 1.165) is 16.6 Å². The summed E-state index contributed by atoms with van der Waals surface area (Å²) in [6, 6.07) is 6.07. The van der Waals surface area contributed by atoms with Gasteiger partial charge in [0, 0.05) is 6.04 Å². The maximum Gasteiger partial charge on any atom is 0.0975 e. The van der Waals surface area contributed by atoms with Crippen molar-refractivity contribution in [2.45, 2.75) is 38.5 Å². The Labute approximate surface area is 110 Å². The Morgan fingerprint density at radius 2 is 2.11 bits per heavy atom. The Hall–Kier alpha value is -1.20. The third kappa shape index (κ3) is 2.79. The zero-order valence-corrected chi connectivity index (χ0v) is 12.0. The predicted octanol–water partition coefficient (Wildman–Crippen LogP) is 2.68. The van der Waals surface area contributed by atoms with Crippen LogP contribution < -0.4 is 4.72 Å². The molecule has 0 amide bonds. The van der Waals surface area contributed by atoms with Gasteiger partial charge in [0.2, 0.25) is 0 Å². The summed E-state index contributed by atoms with van der Waals surface area (Å²) in [4.78, 5) is 7.27. The van der Waals surface area contributed by atoms with E-state index in [1.54, 1.807) is 6.33 Å². The van der Waals surface area contributed by atoms with Crippen LogP contribution in [0.3, 0.4) is 0 Å². The van der Waals surface area contributed by atoms with Crippen molar-refractivity contribution in [3.63, 3.8) is 0 Å². The van der Waals surface area contributed by atoms with Gasteiger partial charge in [0.15, 0.2) is 0 Å². The minimum Gasteiger partial charge on any atom is -0.345 e. The molecule has 0 aliphatic rings. The Balaban J connectivity index is 2.18. The molecule has 0 saturated carbocycles. The number of benzene rings is 1.